The van der Waals surface area contributed by atoms with Crippen molar-refractivity contribution >= 4 is 50.7 Å². The van der Waals surface area contributed by atoms with Gasteiger partial charge < -0.3 is 10.2 Å². The first-order valence-electron chi connectivity index (χ1n) is 13.0. The van der Waals surface area contributed by atoms with Crippen LogP contribution < -0.4 is 9.62 Å². The van der Waals surface area contributed by atoms with E-state index >= 15 is 0 Å². The molecule has 0 aliphatic rings. The molecular weight excluding hydrogens is 569 g/mol. The van der Waals surface area contributed by atoms with Crippen LogP contribution >= 0.6 is 23.2 Å². The molecule has 1 N–H and O–H groups in total. The molecule has 0 radical (unpaired) electrons. The third kappa shape index (κ3) is 8.71. The van der Waals surface area contributed by atoms with Gasteiger partial charge in [-0.1, -0.05) is 84.7 Å². The van der Waals surface area contributed by atoms with Crippen molar-refractivity contribution in [3.63, 3.8) is 0 Å². The summed E-state index contributed by atoms with van der Waals surface area (Å²) in [5.74, 6) is -0.846. The van der Waals surface area contributed by atoms with Crippen LogP contribution in [0.1, 0.15) is 37.0 Å². The Bertz CT molecular complexity index is 1410. The van der Waals surface area contributed by atoms with E-state index in [-0.39, 0.29) is 40.6 Å². The first-order chi connectivity index (χ1) is 18.9. The van der Waals surface area contributed by atoms with Gasteiger partial charge >= 0.3 is 0 Å². The summed E-state index contributed by atoms with van der Waals surface area (Å²) in [5.41, 5.74) is 2.83. The second-order valence-electron chi connectivity index (χ2n) is 9.87. The molecule has 7 nitrogen and oxygen atoms in total. The van der Waals surface area contributed by atoms with Crippen LogP contribution in [0, 0.1) is 6.92 Å². The minimum absolute atomic E-state index is 0.109. The van der Waals surface area contributed by atoms with E-state index in [0.29, 0.717) is 6.42 Å². The Morgan fingerprint density at radius 2 is 1.55 bits per heavy atom. The Kier molecular flexibility index (Phi) is 11.0. The van der Waals surface area contributed by atoms with E-state index in [9.17, 15) is 18.0 Å². The van der Waals surface area contributed by atoms with Crippen molar-refractivity contribution in [1.29, 1.82) is 0 Å². The number of sulfonamides is 1. The first-order valence-corrected chi connectivity index (χ1v) is 15.6. The molecular formula is C30H35Cl2N3O4S. The molecule has 0 bridgehead atoms. The number of benzene rings is 3. The number of amides is 2. The number of carbonyl (C=O) groups excluding carboxylic acids is 2. The summed E-state index contributed by atoms with van der Waals surface area (Å²) in [6, 6.07) is 20.4. The summed E-state index contributed by atoms with van der Waals surface area (Å²) in [5, 5.41) is 3.48. The SMILES string of the molecule is CCC(C)NC(=O)C(Cc1ccccc1)N(Cc1ccccc1C)C(=O)CN(c1cc(Cl)cc(Cl)c1)S(C)(=O)=O. The summed E-state index contributed by atoms with van der Waals surface area (Å²) in [6.45, 7) is 5.38. The largest absolute Gasteiger partial charge is 0.352 e. The summed E-state index contributed by atoms with van der Waals surface area (Å²) >= 11 is 12.3. The van der Waals surface area contributed by atoms with Gasteiger partial charge in [-0.15, -0.1) is 0 Å². The maximum atomic E-state index is 14.1. The Balaban J connectivity index is 2.09. The molecule has 2 atom stereocenters. The maximum absolute atomic E-state index is 14.1. The zero-order chi connectivity index (χ0) is 29.4. The van der Waals surface area contributed by atoms with Crippen molar-refractivity contribution in [3.05, 3.63) is 99.5 Å². The lowest BCUT2D eigenvalue weighted by atomic mass is 10.0. The quantitative estimate of drug-likeness (QED) is 0.291. The van der Waals surface area contributed by atoms with Gasteiger partial charge in [0.1, 0.15) is 12.6 Å². The molecule has 0 aromatic heterocycles. The van der Waals surface area contributed by atoms with Crippen LogP contribution in [0.25, 0.3) is 0 Å². The van der Waals surface area contributed by atoms with Crippen LogP contribution in [0.4, 0.5) is 5.69 Å². The molecule has 3 rings (SSSR count). The van der Waals surface area contributed by atoms with Gasteiger partial charge in [-0.3, -0.25) is 13.9 Å². The van der Waals surface area contributed by atoms with E-state index in [1.807, 2.05) is 75.4 Å². The zero-order valence-corrected chi connectivity index (χ0v) is 25.4. The standard InChI is InChI=1S/C30H35Cl2N3O4S/c1-5-22(3)33-30(37)28(15-23-12-7-6-8-13-23)34(19-24-14-10-9-11-21(24)2)29(36)20-35(40(4,38)39)27-17-25(31)16-26(32)18-27/h6-14,16-18,22,28H,5,15,19-20H2,1-4H3,(H,33,37). The molecule has 2 unspecified atom stereocenters. The summed E-state index contributed by atoms with van der Waals surface area (Å²) in [4.78, 5) is 29.3. The maximum Gasteiger partial charge on any atom is 0.244 e. The number of anilines is 1. The summed E-state index contributed by atoms with van der Waals surface area (Å²) in [7, 11) is -3.92. The fourth-order valence-electron chi connectivity index (χ4n) is 4.26. The van der Waals surface area contributed by atoms with Crippen LogP contribution in [-0.4, -0.2) is 50.0 Å². The Labute approximate surface area is 247 Å². The van der Waals surface area contributed by atoms with Crippen molar-refractivity contribution in [3.8, 4) is 0 Å². The molecule has 214 valence electrons. The third-order valence-electron chi connectivity index (χ3n) is 6.69. The van der Waals surface area contributed by atoms with Crippen LogP contribution in [0.3, 0.4) is 0 Å². The van der Waals surface area contributed by atoms with E-state index in [1.54, 1.807) is 0 Å². The Morgan fingerprint density at radius 1 is 0.950 bits per heavy atom. The highest BCUT2D eigenvalue weighted by Gasteiger charge is 2.33. The highest BCUT2D eigenvalue weighted by molar-refractivity contribution is 7.92. The molecule has 3 aromatic carbocycles. The monoisotopic (exact) mass is 603 g/mol. The Morgan fingerprint density at radius 3 is 2.12 bits per heavy atom. The van der Waals surface area contributed by atoms with Crippen LogP contribution in [0.5, 0.6) is 0 Å². The van der Waals surface area contributed by atoms with Crippen LogP contribution in [0.2, 0.25) is 10.0 Å². The fourth-order valence-corrected chi connectivity index (χ4v) is 5.61. The average Bonchev–Trinajstić information content (AvgIpc) is 2.89. The molecule has 0 saturated carbocycles. The van der Waals surface area contributed by atoms with Gasteiger partial charge in [0.15, 0.2) is 0 Å². The van der Waals surface area contributed by atoms with E-state index in [4.69, 9.17) is 23.2 Å². The number of hydrogen-bond acceptors (Lipinski definition) is 4. The van der Waals surface area contributed by atoms with Gasteiger partial charge in [-0.05, 0) is 55.2 Å². The second-order valence-corrected chi connectivity index (χ2v) is 12.6. The normalized spacial score (nSPS) is 12.8. The van der Waals surface area contributed by atoms with Crippen LogP contribution in [0.15, 0.2) is 72.8 Å². The molecule has 0 aliphatic heterocycles. The number of aryl methyl sites for hydroxylation is 1. The average molecular weight is 605 g/mol. The number of hydrogen-bond donors (Lipinski definition) is 1. The number of nitrogens with one attached hydrogen (secondary N) is 1. The van der Waals surface area contributed by atoms with Crippen molar-refractivity contribution in [2.45, 2.75) is 52.2 Å². The Hall–Kier alpha value is -3.07. The molecule has 0 aliphatic carbocycles. The van der Waals surface area contributed by atoms with Gasteiger partial charge in [-0.2, -0.15) is 0 Å². The van der Waals surface area contributed by atoms with E-state index in [1.165, 1.54) is 23.1 Å². The molecule has 2 amide bonds. The molecule has 0 saturated heterocycles. The predicted octanol–water partition coefficient (Wildman–Crippen LogP) is 5.62. The van der Waals surface area contributed by atoms with Crippen molar-refractivity contribution in [2.24, 2.45) is 0 Å². The first kappa shape index (κ1) is 31.5. The molecule has 10 heteroatoms. The van der Waals surface area contributed by atoms with Gasteiger partial charge in [0.05, 0.1) is 11.9 Å². The number of carbonyl (C=O) groups is 2. The predicted molar refractivity (Wildman–Crippen MR) is 162 cm³/mol. The molecule has 0 fully saturated rings. The minimum Gasteiger partial charge on any atom is -0.352 e. The van der Waals surface area contributed by atoms with Gasteiger partial charge in [0.2, 0.25) is 21.8 Å². The molecule has 3 aromatic rings. The lowest BCUT2D eigenvalue weighted by Gasteiger charge is -2.34. The third-order valence-corrected chi connectivity index (χ3v) is 8.27. The van der Waals surface area contributed by atoms with E-state index < -0.39 is 28.5 Å². The van der Waals surface area contributed by atoms with E-state index in [2.05, 4.69) is 5.32 Å². The van der Waals surface area contributed by atoms with Crippen LogP contribution in [-0.2, 0) is 32.6 Å². The lowest BCUT2D eigenvalue weighted by Crippen LogP contribution is -2.54. The minimum atomic E-state index is -3.92. The highest BCUT2D eigenvalue weighted by Crippen LogP contribution is 2.28. The lowest BCUT2D eigenvalue weighted by molar-refractivity contribution is -0.140. The second kappa shape index (κ2) is 14.0. The number of rotatable bonds is 12. The number of halogens is 2. The summed E-state index contributed by atoms with van der Waals surface area (Å²) < 4.78 is 26.8. The van der Waals surface area contributed by atoms with E-state index in [0.717, 1.165) is 27.3 Å². The fraction of sp³-hybridized carbons (Fsp3) is 0.333. The topological polar surface area (TPSA) is 86.8 Å². The highest BCUT2D eigenvalue weighted by atomic mass is 35.5. The molecule has 40 heavy (non-hydrogen) atoms. The van der Waals surface area contributed by atoms with Crippen molar-refractivity contribution in [2.75, 3.05) is 17.1 Å². The number of nitrogens with zero attached hydrogens (tertiary/aromatic N) is 2. The zero-order valence-electron chi connectivity index (χ0n) is 23.1. The van der Waals surface area contributed by atoms with Gasteiger partial charge in [0.25, 0.3) is 0 Å². The van der Waals surface area contributed by atoms with Gasteiger partial charge in [-0.25, -0.2) is 8.42 Å². The molecule has 0 spiro atoms. The summed E-state index contributed by atoms with van der Waals surface area (Å²) in [6.07, 6.45) is 1.98. The smallest absolute Gasteiger partial charge is 0.244 e. The molecule has 0 heterocycles. The van der Waals surface area contributed by atoms with Crippen molar-refractivity contribution in [1.82, 2.24) is 10.2 Å². The van der Waals surface area contributed by atoms with Crippen molar-refractivity contribution < 1.29 is 18.0 Å². The van der Waals surface area contributed by atoms with Gasteiger partial charge in [0, 0.05) is 29.1 Å².